The molecular weight excluding hydrogens is 332 g/mol. The van der Waals surface area contributed by atoms with Crippen molar-refractivity contribution in [3.8, 4) is 5.75 Å². The Labute approximate surface area is 155 Å². The van der Waals surface area contributed by atoms with Crippen LogP contribution in [0.3, 0.4) is 0 Å². The first-order chi connectivity index (χ1) is 12.7. The second-order valence-corrected chi connectivity index (χ2v) is 7.12. The molecular formula is C20H28N2O4. The minimum absolute atomic E-state index is 0.0435. The first-order valence-corrected chi connectivity index (χ1v) is 9.46. The highest BCUT2D eigenvalue weighted by Gasteiger charge is 2.24. The normalized spacial score (nSPS) is 20.3. The van der Waals surface area contributed by atoms with Crippen molar-refractivity contribution in [2.75, 3.05) is 46.5 Å². The quantitative estimate of drug-likeness (QED) is 0.780. The average molecular weight is 360 g/mol. The van der Waals surface area contributed by atoms with Crippen molar-refractivity contribution < 1.29 is 19.1 Å². The number of hydrogen-bond donors (Lipinski definition) is 0. The predicted octanol–water partition coefficient (Wildman–Crippen LogP) is 2.19. The molecule has 0 saturated carbocycles. The van der Waals surface area contributed by atoms with Crippen LogP contribution in [0.1, 0.15) is 36.0 Å². The third-order valence-corrected chi connectivity index (χ3v) is 5.12. The minimum Gasteiger partial charge on any atom is -0.493 e. The molecule has 0 aliphatic carbocycles. The summed E-state index contributed by atoms with van der Waals surface area (Å²) in [6.45, 7) is 3.95. The number of hydrogen-bond acceptors (Lipinski definition) is 4. The van der Waals surface area contributed by atoms with Gasteiger partial charge in [0.05, 0.1) is 6.61 Å². The van der Waals surface area contributed by atoms with E-state index in [0.717, 1.165) is 51.1 Å². The van der Waals surface area contributed by atoms with Gasteiger partial charge in [0.1, 0.15) is 12.4 Å². The van der Waals surface area contributed by atoms with Gasteiger partial charge in [-0.3, -0.25) is 9.59 Å². The fourth-order valence-electron chi connectivity index (χ4n) is 3.65. The molecule has 1 aromatic rings. The van der Waals surface area contributed by atoms with Crippen molar-refractivity contribution >= 4 is 11.8 Å². The smallest absolute Gasteiger partial charge is 0.253 e. The molecule has 2 amide bonds. The van der Waals surface area contributed by atoms with E-state index in [1.54, 1.807) is 7.11 Å². The third kappa shape index (κ3) is 4.75. The van der Waals surface area contributed by atoms with E-state index in [0.29, 0.717) is 24.6 Å². The van der Waals surface area contributed by atoms with Gasteiger partial charge in [-0.15, -0.1) is 0 Å². The van der Waals surface area contributed by atoms with Crippen LogP contribution < -0.4 is 4.74 Å². The molecule has 0 spiro atoms. The standard InChI is InChI=1S/C20H28N2O4/c1-25-15-19(23)22-12-4-5-16(13-22)14-26-18-8-6-17(7-9-18)20(24)21-10-2-3-11-21/h6-9,16H,2-5,10-15H2,1H3/t16-/m0/s1. The van der Waals surface area contributed by atoms with Crippen molar-refractivity contribution in [3.63, 3.8) is 0 Å². The Balaban J connectivity index is 1.48. The third-order valence-electron chi connectivity index (χ3n) is 5.12. The number of carbonyl (C=O) groups excluding carboxylic acids is 2. The number of nitrogens with zero attached hydrogens (tertiary/aromatic N) is 2. The highest BCUT2D eigenvalue weighted by atomic mass is 16.5. The molecule has 1 atom stereocenters. The molecule has 6 heteroatoms. The molecule has 2 fully saturated rings. The lowest BCUT2D eigenvalue weighted by atomic mass is 9.99. The van der Waals surface area contributed by atoms with Gasteiger partial charge in [-0.25, -0.2) is 0 Å². The predicted molar refractivity (Wildman–Crippen MR) is 98.3 cm³/mol. The number of ether oxygens (including phenoxy) is 2. The summed E-state index contributed by atoms with van der Waals surface area (Å²) in [6.07, 6.45) is 4.24. The van der Waals surface area contributed by atoms with E-state index in [9.17, 15) is 9.59 Å². The lowest BCUT2D eigenvalue weighted by Gasteiger charge is -2.32. The van der Waals surface area contributed by atoms with E-state index in [-0.39, 0.29) is 18.4 Å². The van der Waals surface area contributed by atoms with E-state index >= 15 is 0 Å². The number of carbonyl (C=O) groups is 2. The largest absolute Gasteiger partial charge is 0.493 e. The second kappa shape index (κ2) is 9.03. The SMILES string of the molecule is COCC(=O)N1CCC[C@H](COc2ccc(C(=O)N3CCCC3)cc2)C1. The number of benzene rings is 1. The molecule has 2 saturated heterocycles. The number of methoxy groups -OCH3 is 1. The zero-order chi connectivity index (χ0) is 18.4. The van der Waals surface area contributed by atoms with Gasteiger partial charge in [-0.2, -0.15) is 0 Å². The van der Waals surface area contributed by atoms with Crippen LogP contribution in [0.4, 0.5) is 0 Å². The minimum atomic E-state index is 0.0435. The molecule has 2 aliphatic rings. The number of rotatable bonds is 6. The van der Waals surface area contributed by atoms with Crippen LogP contribution in [0.2, 0.25) is 0 Å². The summed E-state index contributed by atoms with van der Waals surface area (Å²) >= 11 is 0. The van der Waals surface area contributed by atoms with Crippen LogP contribution in [0.5, 0.6) is 5.75 Å². The fraction of sp³-hybridized carbons (Fsp3) is 0.600. The Hall–Kier alpha value is -2.08. The van der Waals surface area contributed by atoms with Gasteiger partial charge in [0, 0.05) is 44.8 Å². The van der Waals surface area contributed by atoms with Gasteiger partial charge in [0.15, 0.2) is 0 Å². The highest BCUT2D eigenvalue weighted by Crippen LogP contribution is 2.20. The van der Waals surface area contributed by atoms with Crippen molar-refractivity contribution in [3.05, 3.63) is 29.8 Å². The summed E-state index contributed by atoms with van der Waals surface area (Å²) in [7, 11) is 1.54. The van der Waals surface area contributed by atoms with Crippen LogP contribution in [0.15, 0.2) is 24.3 Å². The first-order valence-electron chi connectivity index (χ1n) is 9.46. The van der Waals surface area contributed by atoms with Crippen molar-refractivity contribution in [2.45, 2.75) is 25.7 Å². The molecule has 0 aromatic heterocycles. The Morgan fingerprint density at radius 1 is 1.04 bits per heavy atom. The second-order valence-electron chi connectivity index (χ2n) is 7.12. The fourth-order valence-corrected chi connectivity index (χ4v) is 3.65. The zero-order valence-corrected chi connectivity index (χ0v) is 15.5. The Kier molecular flexibility index (Phi) is 6.50. The van der Waals surface area contributed by atoms with Crippen LogP contribution in [0.25, 0.3) is 0 Å². The zero-order valence-electron chi connectivity index (χ0n) is 15.5. The summed E-state index contributed by atoms with van der Waals surface area (Å²) < 4.78 is 10.8. The van der Waals surface area contributed by atoms with E-state index < -0.39 is 0 Å². The maximum atomic E-state index is 12.4. The highest BCUT2D eigenvalue weighted by molar-refractivity contribution is 5.94. The van der Waals surface area contributed by atoms with Gasteiger partial charge < -0.3 is 19.3 Å². The number of piperidine rings is 1. The molecule has 26 heavy (non-hydrogen) atoms. The molecule has 1 aromatic carbocycles. The molecule has 6 nitrogen and oxygen atoms in total. The summed E-state index contributed by atoms with van der Waals surface area (Å²) in [5.41, 5.74) is 0.716. The van der Waals surface area contributed by atoms with E-state index in [4.69, 9.17) is 9.47 Å². The summed E-state index contributed by atoms with van der Waals surface area (Å²) in [6, 6.07) is 7.40. The van der Waals surface area contributed by atoms with Crippen molar-refractivity contribution in [2.24, 2.45) is 5.92 Å². The number of amides is 2. The van der Waals surface area contributed by atoms with E-state index in [1.807, 2.05) is 34.1 Å². The van der Waals surface area contributed by atoms with Crippen molar-refractivity contribution in [1.29, 1.82) is 0 Å². The van der Waals surface area contributed by atoms with Crippen molar-refractivity contribution in [1.82, 2.24) is 9.80 Å². The average Bonchev–Trinajstić information content (AvgIpc) is 3.21. The van der Waals surface area contributed by atoms with Gasteiger partial charge >= 0.3 is 0 Å². The van der Waals surface area contributed by atoms with Crippen LogP contribution in [-0.2, 0) is 9.53 Å². The molecule has 0 bridgehead atoms. The lowest BCUT2D eigenvalue weighted by molar-refractivity contribution is -0.137. The number of likely N-dealkylation sites (tertiary alicyclic amines) is 2. The lowest BCUT2D eigenvalue weighted by Crippen LogP contribution is -2.43. The molecule has 2 aliphatic heterocycles. The topological polar surface area (TPSA) is 59.1 Å². The van der Waals surface area contributed by atoms with Gasteiger partial charge in [0.25, 0.3) is 5.91 Å². The molecule has 0 N–H and O–H groups in total. The molecule has 2 heterocycles. The van der Waals surface area contributed by atoms with E-state index in [1.165, 1.54) is 0 Å². The maximum absolute atomic E-state index is 12.4. The summed E-state index contributed by atoms with van der Waals surface area (Å²) in [5.74, 6) is 1.24. The van der Waals surface area contributed by atoms with Gasteiger partial charge in [-0.05, 0) is 49.9 Å². The van der Waals surface area contributed by atoms with E-state index in [2.05, 4.69) is 0 Å². The first kappa shape index (κ1) is 18.7. The molecule has 0 unspecified atom stereocenters. The Bertz CT molecular complexity index is 611. The van der Waals surface area contributed by atoms with Gasteiger partial charge in [-0.1, -0.05) is 0 Å². The van der Waals surface area contributed by atoms with Gasteiger partial charge in [0.2, 0.25) is 5.91 Å². The summed E-state index contributed by atoms with van der Waals surface area (Å²) in [4.78, 5) is 28.1. The van der Waals surface area contributed by atoms with Crippen LogP contribution >= 0.6 is 0 Å². The Morgan fingerprint density at radius 3 is 2.42 bits per heavy atom. The monoisotopic (exact) mass is 360 g/mol. The maximum Gasteiger partial charge on any atom is 0.253 e. The Morgan fingerprint density at radius 2 is 1.73 bits per heavy atom. The molecule has 0 radical (unpaired) electrons. The van der Waals surface area contributed by atoms with Crippen LogP contribution in [0, 0.1) is 5.92 Å². The molecule has 142 valence electrons. The summed E-state index contributed by atoms with van der Waals surface area (Å²) in [5, 5.41) is 0. The molecule has 3 rings (SSSR count). The van der Waals surface area contributed by atoms with Crippen LogP contribution in [-0.4, -0.2) is 68.1 Å².